The van der Waals surface area contributed by atoms with E-state index < -0.39 is 0 Å². The minimum atomic E-state index is -0.124. The van der Waals surface area contributed by atoms with Crippen molar-refractivity contribution >= 4 is 35.6 Å². The Morgan fingerprint density at radius 2 is 1.70 bits per heavy atom. The van der Waals surface area contributed by atoms with Crippen LogP contribution in [0, 0.1) is 5.82 Å². The van der Waals surface area contributed by atoms with Gasteiger partial charge in [-0.2, -0.15) is 0 Å². The highest BCUT2D eigenvalue weighted by Gasteiger charge is 2.20. The fourth-order valence-electron chi connectivity index (χ4n) is 4.55. The van der Waals surface area contributed by atoms with E-state index in [1.807, 2.05) is 19.2 Å². The molecule has 0 atom stereocenters. The molecule has 0 bridgehead atoms. The van der Waals surface area contributed by atoms with Crippen molar-refractivity contribution in [2.24, 2.45) is 4.99 Å². The largest absolute Gasteiger partial charge is 0.385 e. The molecule has 2 heterocycles. The SMILES string of the molecule is CN=C(NCCCN1CCN(c2ccccc2F)CC1)NC1CCN(CCCOC)CC1.I. The smallest absolute Gasteiger partial charge is 0.191 e. The number of nitrogens with one attached hydrogen (secondary N) is 2. The number of hydrogen-bond acceptors (Lipinski definition) is 5. The molecule has 7 nitrogen and oxygen atoms in total. The molecule has 188 valence electrons. The van der Waals surface area contributed by atoms with Crippen LogP contribution in [0.15, 0.2) is 29.3 Å². The monoisotopic (exact) mass is 576 g/mol. The number of rotatable bonds is 10. The first-order chi connectivity index (χ1) is 15.7. The van der Waals surface area contributed by atoms with Crippen molar-refractivity contribution < 1.29 is 9.13 Å². The molecule has 3 rings (SSSR count). The molecule has 0 aromatic heterocycles. The summed E-state index contributed by atoms with van der Waals surface area (Å²) in [6, 6.07) is 7.56. The normalized spacial score (nSPS) is 18.8. The Balaban J connectivity index is 0.00000385. The van der Waals surface area contributed by atoms with E-state index in [1.54, 1.807) is 19.2 Å². The first-order valence-corrected chi connectivity index (χ1v) is 12.1. The van der Waals surface area contributed by atoms with E-state index in [1.165, 1.54) is 0 Å². The van der Waals surface area contributed by atoms with Crippen molar-refractivity contribution in [2.75, 3.05) is 84.6 Å². The van der Waals surface area contributed by atoms with E-state index in [-0.39, 0.29) is 29.8 Å². The number of likely N-dealkylation sites (tertiary alicyclic amines) is 1. The van der Waals surface area contributed by atoms with E-state index in [4.69, 9.17) is 4.74 Å². The maximum Gasteiger partial charge on any atom is 0.191 e. The fourth-order valence-corrected chi connectivity index (χ4v) is 4.55. The number of benzene rings is 1. The standard InChI is InChI=1S/C24H41FN6O.HI/c1-26-24(28-21-9-14-29(15-10-21)13-6-20-32-2)27-11-5-12-30-16-18-31(19-17-30)23-8-4-3-7-22(23)25;/h3-4,7-8,21H,5-6,9-20H2,1-2H3,(H2,26,27,28);1H. The van der Waals surface area contributed by atoms with Gasteiger partial charge in [-0.25, -0.2) is 4.39 Å². The molecule has 2 N–H and O–H groups in total. The zero-order valence-corrected chi connectivity index (χ0v) is 22.6. The van der Waals surface area contributed by atoms with Crippen LogP contribution in [-0.2, 0) is 4.74 Å². The maximum atomic E-state index is 14.0. The molecule has 1 aromatic carbocycles. The number of piperidine rings is 1. The summed E-state index contributed by atoms with van der Waals surface area (Å²) < 4.78 is 19.1. The number of aliphatic imine (C=N–C) groups is 1. The quantitative estimate of drug-likeness (QED) is 0.194. The summed E-state index contributed by atoms with van der Waals surface area (Å²) in [5.41, 5.74) is 0.726. The summed E-state index contributed by atoms with van der Waals surface area (Å²) in [7, 11) is 3.61. The number of guanidine groups is 1. The summed E-state index contributed by atoms with van der Waals surface area (Å²) in [4.78, 5) is 11.6. The molecule has 9 heteroatoms. The Kier molecular flexibility index (Phi) is 13.3. The number of anilines is 1. The van der Waals surface area contributed by atoms with Gasteiger partial charge in [0.1, 0.15) is 5.82 Å². The van der Waals surface area contributed by atoms with Crippen molar-refractivity contribution in [2.45, 2.75) is 31.7 Å². The second-order valence-electron chi connectivity index (χ2n) is 8.74. The third-order valence-electron chi connectivity index (χ3n) is 6.48. The van der Waals surface area contributed by atoms with Gasteiger partial charge in [-0.05, 0) is 44.4 Å². The molecule has 0 aliphatic carbocycles. The van der Waals surface area contributed by atoms with Gasteiger partial charge in [-0.1, -0.05) is 12.1 Å². The number of para-hydroxylation sites is 1. The summed E-state index contributed by atoms with van der Waals surface area (Å²) >= 11 is 0. The lowest BCUT2D eigenvalue weighted by Crippen LogP contribution is -2.49. The van der Waals surface area contributed by atoms with Crippen LogP contribution >= 0.6 is 24.0 Å². The highest BCUT2D eigenvalue weighted by atomic mass is 127. The van der Waals surface area contributed by atoms with E-state index in [0.29, 0.717) is 6.04 Å². The van der Waals surface area contributed by atoms with E-state index in [0.717, 1.165) is 103 Å². The summed E-state index contributed by atoms with van der Waals surface area (Å²) in [5, 5.41) is 7.07. The Morgan fingerprint density at radius 3 is 2.36 bits per heavy atom. The Hall–Kier alpha value is -1.17. The maximum absolute atomic E-state index is 14.0. The molecule has 2 aliphatic heterocycles. The van der Waals surface area contributed by atoms with Crippen LogP contribution in [0.25, 0.3) is 0 Å². The van der Waals surface area contributed by atoms with Crippen molar-refractivity contribution in [3.63, 3.8) is 0 Å². The summed E-state index contributed by atoms with van der Waals surface area (Å²) in [6.07, 6.45) is 4.48. The number of piperazine rings is 1. The zero-order valence-electron chi connectivity index (χ0n) is 20.3. The Bertz CT molecular complexity index is 693. The topological polar surface area (TPSA) is 55.4 Å². The lowest BCUT2D eigenvalue weighted by atomic mass is 10.1. The summed E-state index contributed by atoms with van der Waals surface area (Å²) in [6.45, 7) is 9.91. The van der Waals surface area contributed by atoms with E-state index >= 15 is 0 Å². The van der Waals surface area contributed by atoms with Crippen molar-refractivity contribution in [3.8, 4) is 0 Å². The van der Waals surface area contributed by atoms with Gasteiger partial charge in [-0.3, -0.25) is 9.89 Å². The van der Waals surface area contributed by atoms with Gasteiger partial charge in [0.25, 0.3) is 0 Å². The van der Waals surface area contributed by atoms with Crippen LogP contribution in [0.2, 0.25) is 0 Å². The molecule has 0 saturated carbocycles. The van der Waals surface area contributed by atoms with Gasteiger partial charge in [-0.15, -0.1) is 24.0 Å². The zero-order chi connectivity index (χ0) is 22.6. The molecule has 2 aliphatic rings. The Labute approximate surface area is 216 Å². The van der Waals surface area contributed by atoms with Crippen LogP contribution in [0.1, 0.15) is 25.7 Å². The lowest BCUT2D eigenvalue weighted by molar-refractivity contribution is 0.155. The number of methoxy groups -OCH3 is 1. The first kappa shape index (κ1) is 28.1. The number of hydrogen-bond donors (Lipinski definition) is 2. The molecule has 33 heavy (non-hydrogen) atoms. The number of ether oxygens (including phenoxy) is 1. The van der Waals surface area contributed by atoms with E-state index in [9.17, 15) is 4.39 Å². The molecular weight excluding hydrogens is 534 g/mol. The Morgan fingerprint density at radius 1 is 1.03 bits per heavy atom. The molecule has 2 fully saturated rings. The first-order valence-electron chi connectivity index (χ1n) is 12.1. The lowest BCUT2D eigenvalue weighted by Gasteiger charge is -2.36. The van der Waals surface area contributed by atoms with Crippen LogP contribution in [0.4, 0.5) is 10.1 Å². The molecular formula is C24H42FIN6O. The third-order valence-corrected chi connectivity index (χ3v) is 6.48. The number of nitrogens with zero attached hydrogens (tertiary/aromatic N) is 4. The van der Waals surface area contributed by atoms with Gasteiger partial charge in [0.15, 0.2) is 5.96 Å². The van der Waals surface area contributed by atoms with Crippen LogP contribution in [-0.4, -0.2) is 101 Å². The van der Waals surface area contributed by atoms with Crippen LogP contribution < -0.4 is 15.5 Å². The van der Waals surface area contributed by atoms with Gasteiger partial charge >= 0.3 is 0 Å². The molecule has 0 unspecified atom stereocenters. The van der Waals surface area contributed by atoms with Crippen molar-refractivity contribution in [3.05, 3.63) is 30.1 Å². The molecule has 1 aromatic rings. The van der Waals surface area contributed by atoms with Gasteiger partial charge in [0.2, 0.25) is 0 Å². The minimum Gasteiger partial charge on any atom is -0.385 e. The predicted octanol–water partition coefficient (Wildman–Crippen LogP) is 2.62. The fraction of sp³-hybridized carbons (Fsp3) is 0.708. The highest BCUT2D eigenvalue weighted by molar-refractivity contribution is 14.0. The van der Waals surface area contributed by atoms with Crippen molar-refractivity contribution in [1.29, 1.82) is 0 Å². The van der Waals surface area contributed by atoms with Crippen molar-refractivity contribution in [1.82, 2.24) is 20.4 Å². The van der Waals surface area contributed by atoms with Crippen LogP contribution in [0.5, 0.6) is 0 Å². The second-order valence-corrected chi connectivity index (χ2v) is 8.74. The summed E-state index contributed by atoms with van der Waals surface area (Å²) in [5.74, 6) is 0.785. The molecule has 0 amide bonds. The van der Waals surface area contributed by atoms with Gasteiger partial charge in [0.05, 0.1) is 5.69 Å². The third kappa shape index (κ3) is 9.54. The average molecular weight is 577 g/mol. The molecule has 0 radical (unpaired) electrons. The number of halogens is 2. The minimum absolute atomic E-state index is 0. The predicted molar refractivity (Wildman–Crippen MR) is 146 cm³/mol. The van der Waals surface area contributed by atoms with Gasteiger partial charge in [0, 0.05) is 79.2 Å². The molecule has 0 spiro atoms. The average Bonchev–Trinajstić information content (AvgIpc) is 2.83. The molecule has 2 saturated heterocycles. The van der Waals surface area contributed by atoms with Crippen LogP contribution in [0.3, 0.4) is 0 Å². The van der Waals surface area contributed by atoms with E-state index in [2.05, 4.69) is 30.3 Å². The second kappa shape index (κ2) is 15.7. The van der Waals surface area contributed by atoms with Gasteiger partial charge < -0.3 is 25.2 Å². The highest BCUT2D eigenvalue weighted by Crippen LogP contribution is 2.20.